The van der Waals surface area contributed by atoms with Crippen molar-refractivity contribution in [2.45, 2.75) is 70.5 Å². The third-order valence-electron chi connectivity index (χ3n) is 7.16. The minimum Gasteiger partial charge on any atom is -0.481 e. The summed E-state index contributed by atoms with van der Waals surface area (Å²) in [6, 6.07) is -5.10. The zero-order valence-corrected chi connectivity index (χ0v) is 30.9. The Hall–Kier alpha value is -5.27. The van der Waals surface area contributed by atoms with Gasteiger partial charge in [0.1, 0.15) is 36.8 Å². The Bertz CT molecular complexity index is 1490. The van der Waals surface area contributed by atoms with Crippen LogP contribution >= 0.6 is 0 Å². The number of carbonyl (C=O) groups excluding carboxylic acids is 7. The Morgan fingerprint density at radius 1 is 0.673 bits per heavy atom. The molecule has 0 bridgehead atoms. The van der Waals surface area contributed by atoms with Crippen molar-refractivity contribution in [3.63, 3.8) is 0 Å². The van der Waals surface area contributed by atoms with Crippen LogP contribution in [0.15, 0.2) is 0 Å². The first kappa shape index (κ1) is 49.7. The zero-order chi connectivity index (χ0) is 42.2. The molecule has 0 fully saturated rings. The minimum absolute atomic E-state index is 0.0526. The summed E-state index contributed by atoms with van der Waals surface area (Å²) in [6.07, 6.45) is -1.72. The smallest absolute Gasteiger partial charge is 0.326 e. The topological polar surface area (TPSA) is 376 Å². The third-order valence-corrected chi connectivity index (χ3v) is 7.91. The summed E-state index contributed by atoms with van der Waals surface area (Å²) in [7, 11) is -4.86. The fraction of sp³-hybridized carbons (Fsp3) is 0.667. The van der Waals surface area contributed by atoms with Gasteiger partial charge in [0.2, 0.25) is 35.4 Å². The van der Waals surface area contributed by atoms with E-state index in [0.29, 0.717) is 6.29 Å². The summed E-state index contributed by atoms with van der Waals surface area (Å²) < 4.78 is 42.4. The van der Waals surface area contributed by atoms with E-state index in [1.54, 1.807) is 0 Å². The van der Waals surface area contributed by atoms with Crippen molar-refractivity contribution in [2.24, 2.45) is 5.41 Å². The fourth-order valence-electron chi connectivity index (χ4n) is 3.99. The number of hydrogen-bond donors (Lipinski definition) is 10. The SMILES string of the molecule is CC(C)(CCC(=O)NC(CS(=O)(=O)O)C(=O)NC(CCC(=O)NCCOCCOCC(=O)NC(CCC(=O)NCC(=O)NCC=O)C(=O)O)C(=O)O)C(=O)O. The molecule has 0 aromatic rings. The van der Waals surface area contributed by atoms with Crippen LogP contribution in [0, 0.1) is 5.41 Å². The molecular weight excluding hydrogens is 764 g/mol. The summed E-state index contributed by atoms with van der Waals surface area (Å²) >= 11 is 0. The number of carboxylic acids is 3. The van der Waals surface area contributed by atoms with E-state index in [1.165, 1.54) is 13.8 Å². The molecule has 55 heavy (non-hydrogen) atoms. The van der Waals surface area contributed by atoms with Crippen LogP contribution in [0.3, 0.4) is 0 Å². The van der Waals surface area contributed by atoms with E-state index in [2.05, 4.69) is 21.3 Å². The van der Waals surface area contributed by atoms with Gasteiger partial charge in [0.25, 0.3) is 10.1 Å². The van der Waals surface area contributed by atoms with Crippen LogP contribution in [0.25, 0.3) is 0 Å². The number of carbonyl (C=O) groups is 10. The molecule has 25 heteroatoms. The monoisotopic (exact) mass is 812 g/mol. The first-order chi connectivity index (χ1) is 25.6. The van der Waals surface area contributed by atoms with Crippen molar-refractivity contribution in [3.8, 4) is 0 Å². The molecule has 6 amide bonds. The second-order valence-corrected chi connectivity index (χ2v) is 13.8. The molecule has 0 aliphatic rings. The molecule has 24 nitrogen and oxygen atoms in total. The maximum Gasteiger partial charge on any atom is 0.326 e. The second kappa shape index (κ2) is 25.7. The lowest BCUT2D eigenvalue weighted by Gasteiger charge is -2.22. The third kappa shape index (κ3) is 24.6. The molecule has 3 atom stereocenters. The van der Waals surface area contributed by atoms with Gasteiger partial charge in [-0.2, -0.15) is 8.42 Å². The van der Waals surface area contributed by atoms with E-state index in [1.807, 2.05) is 10.6 Å². The van der Waals surface area contributed by atoms with Gasteiger partial charge in [-0.05, 0) is 33.1 Å². The number of aliphatic carboxylic acids is 3. The molecule has 0 aliphatic heterocycles. The highest BCUT2D eigenvalue weighted by Gasteiger charge is 2.32. The van der Waals surface area contributed by atoms with E-state index < -0.39 is 125 Å². The Balaban J connectivity index is 4.56. The van der Waals surface area contributed by atoms with E-state index in [0.717, 1.165) is 0 Å². The van der Waals surface area contributed by atoms with Gasteiger partial charge in [-0.25, -0.2) is 9.59 Å². The van der Waals surface area contributed by atoms with Gasteiger partial charge in [-0.1, -0.05) is 0 Å². The molecule has 0 aromatic carbocycles. The van der Waals surface area contributed by atoms with Gasteiger partial charge in [-0.3, -0.25) is 38.1 Å². The maximum atomic E-state index is 12.7. The molecule has 0 saturated carbocycles. The van der Waals surface area contributed by atoms with Crippen molar-refractivity contribution >= 4 is 69.8 Å². The molecule has 0 heterocycles. The van der Waals surface area contributed by atoms with Crippen LogP contribution in [0.2, 0.25) is 0 Å². The first-order valence-electron chi connectivity index (χ1n) is 16.5. The molecular formula is C30H48N6O18S. The van der Waals surface area contributed by atoms with Gasteiger partial charge in [0, 0.05) is 25.8 Å². The maximum absolute atomic E-state index is 12.7. The lowest BCUT2D eigenvalue weighted by molar-refractivity contribution is -0.147. The van der Waals surface area contributed by atoms with Crippen molar-refractivity contribution in [1.29, 1.82) is 0 Å². The van der Waals surface area contributed by atoms with Crippen molar-refractivity contribution in [3.05, 3.63) is 0 Å². The molecule has 312 valence electrons. The number of amides is 6. The molecule has 3 unspecified atom stereocenters. The summed E-state index contributed by atoms with van der Waals surface area (Å²) in [5.74, 6) is -10.5. The molecule has 10 N–H and O–H groups in total. The van der Waals surface area contributed by atoms with Crippen LogP contribution in [-0.2, 0) is 67.5 Å². The van der Waals surface area contributed by atoms with Gasteiger partial charge < -0.3 is 61.5 Å². The number of carboxylic acid groups (broad SMARTS) is 3. The molecule has 0 saturated heterocycles. The van der Waals surface area contributed by atoms with Crippen LogP contribution in [-0.4, -0.2) is 158 Å². The first-order valence-corrected chi connectivity index (χ1v) is 18.1. The average molecular weight is 813 g/mol. The molecule has 0 spiro atoms. The van der Waals surface area contributed by atoms with Gasteiger partial charge in [-0.15, -0.1) is 0 Å². The predicted molar refractivity (Wildman–Crippen MR) is 183 cm³/mol. The molecule has 0 radical (unpaired) electrons. The molecule has 0 rings (SSSR count). The van der Waals surface area contributed by atoms with Gasteiger partial charge in [0.05, 0.1) is 38.3 Å². The van der Waals surface area contributed by atoms with E-state index >= 15 is 0 Å². The molecule has 0 aromatic heterocycles. The number of aldehydes is 1. The van der Waals surface area contributed by atoms with Crippen LogP contribution in [0.5, 0.6) is 0 Å². The molecule has 0 aliphatic carbocycles. The predicted octanol–water partition coefficient (Wildman–Crippen LogP) is -4.47. The van der Waals surface area contributed by atoms with Crippen LogP contribution < -0.4 is 31.9 Å². The highest BCUT2D eigenvalue weighted by atomic mass is 32.2. The Morgan fingerprint density at radius 2 is 1.22 bits per heavy atom. The van der Waals surface area contributed by atoms with Crippen molar-refractivity contribution < 1.29 is 85.7 Å². The normalized spacial score (nSPS) is 12.9. The summed E-state index contributed by atoms with van der Waals surface area (Å²) in [6.45, 7) is 1.17. The standard InChI is InChI=1S/C30H48N6O18S/c1-30(2,29(48)49)8-7-23(40)35-20(17-55(50,51)52)26(43)36-19(28(46)47)4-5-21(38)32-10-12-53-13-14-54-16-25(42)34-18(27(44)45)3-6-22(39)33-15-24(41)31-9-11-37/h11,18-20H,3-10,12-17H2,1-2H3,(H,31,41)(H,32,38)(H,33,39)(H,34,42)(H,35,40)(H,36,43)(H,44,45)(H,46,47)(H,48,49)(H,50,51,52). The zero-order valence-electron chi connectivity index (χ0n) is 30.1. The van der Waals surface area contributed by atoms with Crippen molar-refractivity contribution in [1.82, 2.24) is 31.9 Å². The number of hydrogen-bond acceptors (Lipinski definition) is 14. The largest absolute Gasteiger partial charge is 0.481 e. The van der Waals surface area contributed by atoms with E-state index in [4.69, 9.17) is 9.47 Å². The highest BCUT2D eigenvalue weighted by Crippen LogP contribution is 2.22. The average Bonchev–Trinajstić information content (AvgIpc) is 3.08. The summed E-state index contributed by atoms with van der Waals surface area (Å²) in [5, 5.41) is 41.0. The van der Waals surface area contributed by atoms with E-state index in [9.17, 15) is 76.2 Å². The second-order valence-electron chi connectivity index (χ2n) is 12.3. The Morgan fingerprint density at radius 3 is 1.76 bits per heavy atom. The quantitative estimate of drug-likeness (QED) is 0.0186. The summed E-state index contributed by atoms with van der Waals surface area (Å²) in [4.78, 5) is 117. The summed E-state index contributed by atoms with van der Waals surface area (Å²) in [5.41, 5.74) is -1.33. The van der Waals surface area contributed by atoms with Gasteiger partial charge in [0.15, 0.2) is 0 Å². The highest BCUT2D eigenvalue weighted by molar-refractivity contribution is 7.85. The van der Waals surface area contributed by atoms with E-state index in [-0.39, 0.29) is 52.2 Å². The minimum atomic E-state index is -4.86. The van der Waals surface area contributed by atoms with Crippen molar-refractivity contribution in [2.75, 3.05) is 51.8 Å². The van der Waals surface area contributed by atoms with Crippen LogP contribution in [0.4, 0.5) is 0 Å². The lowest BCUT2D eigenvalue weighted by Crippen LogP contribution is -2.54. The number of rotatable bonds is 30. The fourth-order valence-corrected chi connectivity index (χ4v) is 4.64. The number of nitrogens with one attached hydrogen (secondary N) is 6. The Labute approximate surface area is 314 Å². The Kier molecular flexibility index (Phi) is 23.2. The lowest BCUT2D eigenvalue weighted by atomic mass is 9.88. The van der Waals surface area contributed by atoms with Crippen LogP contribution in [0.1, 0.15) is 52.4 Å². The van der Waals surface area contributed by atoms with Gasteiger partial charge >= 0.3 is 17.9 Å². The number of ether oxygens (including phenoxy) is 2.